The Bertz CT molecular complexity index is 261. The van der Waals surface area contributed by atoms with Gasteiger partial charge < -0.3 is 10.4 Å². The molecule has 0 fully saturated rings. The molecule has 0 aliphatic carbocycles. The molecule has 0 atom stereocenters. The highest BCUT2D eigenvalue weighted by molar-refractivity contribution is 7.99. The molecule has 0 aliphatic rings. The molecule has 88 valence electrons. The largest absolute Gasteiger partial charge is 0.481 e. The molecule has 0 saturated heterocycles. The van der Waals surface area contributed by atoms with Crippen LogP contribution >= 0.6 is 11.8 Å². The minimum atomic E-state index is -0.999. The second kappa shape index (κ2) is 4.88. The van der Waals surface area contributed by atoms with E-state index in [4.69, 9.17) is 5.11 Å². The Hall–Kier alpha value is -0.710. The van der Waals surface area contributed by atoms with Crippen molar-refractivity contribution in [2.75, 3.05) is 12.0 Å². The van der Waals surface area contributed by atoms with Gasteiger partial charge in [0, 0.05) is 5.54 Å². The van der Waals surface area contributed by atoms with E-state index < -0.39 is 16.9 Å². The van der Waals surface area contributed by atoms with Crippen LogP contribution in [0.2, 0.25) is 0 Å². The molecule has 0 spiro atoms. The van der Waals surface area contributed by atoms with Crippen LogP contribution in [0.15, 0.2) is 0 Å². The summed E-state index contributed by atoms with van der Waals surface area (Å²) in [5, 5.41) is 11.8. The monoisotopic (exact) mass is 233 g/mol. The molecule has 0 aromatic carbocycles. The Balaban J connectivity index is 4.68. The number of carbonyl (C=O) groups is 2. The molecule has 0 aromatic rings. The van der Waals surface area contributed by atoms with Gasteiger partial charge in [-0.3, -0.25) is 9.59 Å². The summed E-state index contributed by atoms with van der Waals surface area (Å²) in [7, 11) is 0. The van der Waals surface area contributed by atoms with Crippen LogP contribution in [0, 0.1) is 5.41 Å². The summed E-state index contributed by atoms with van der Waals surface area (Å²) in [4.78, 5) is 22.5. The smallest absolute Gasteiger partial charge is 0.311 e. The van der Waals surface area contributed by atoms with Crippen molar-refractivity contribution >= 4 is 23.6 Å². The van der Waals surface area contributed by atoms with Gasteiger partial charge in [0.25, 0.3) is 0 Å². The SMILES string of the molecule is CSCC(=O)NC(C)(C)C(C)(C)C(=O)O. The lowest BCUT2D eigenvalue weighted by molar-refractivity contribution is -0.151. The van der Waals surface area contributed by atoms with Crippen LogP contribution < -0.4 is 5.32 Å². The third kappa shape index (κ3) is 3.41. The predicted molar refractivity (Wildman–Crippen MR) is 62.0 cm³/mol. The number of carboxylic acids is 1. The highest BCUT2D eigenvalue weighted by atomic mass is 32.2. The Kier molecular flexibility index (Phi) is 4.65. The molecule has 2 N–H and O–H groups in total. The quantitative estimate of drug-likeness (QED) is 0.752. The molecule has 0 bridgehead atoms. The van der Waals surface area contributed by atoms with E-state index in [0.717, 1.165) is 0 Å². The van der Waals surface area contributed by atoms with Crippen LogP contribution in [-0.4, -0.2) is 34.5 Å². The molecular formula is C10H19NO3S. The molecule has 0 aromatic heterocycles. The number of hydrogen-bond donors (Lipinski definition) is 2. The first-order valence-corrected chi connectivity index (χ1v) is 6.08. The summed E-state index contributed by atoms with van der Waals surface area (Å²) in [6, 6.07) is 0. The zero-order valence-electron chi connectivity index (χ0n) is 9.88. The van der Waals surface area contributed by atoms with E-state index in [1.54, 1.807) is 27.7 Å². The van der Waals surface area contributed by atoms with E-state index in [9.17, 15) is 9.59 Å². The van der Waals surface area contributed by atoms with E-state index in [1.165, 1.54) is 11.8 Å². The number of carbonyl (C=O) groups excluding carboxylic acids is 1. The van der Waals surface area contributed by atoms with Crippen LogP contribution in [-0.2, 0) is 9.59 Å². The Morgan fingerprint density at radius 1 is 1.27 bits per heavy atom. The van der Waals surface area contributed by atoms with Crippen LogP contribution in [0.3, 0.4) is 0 Å². The maximum Gasteiger partial charge on any atom is 0.311 e. The van der Waals surface area contributed by atoms with Gasteiger partial charge >= 0.3 is 5.97 Å². The topological polar surface area (TPSA) is 66.4 Å². The summed E-state index contributed by atoms with van der Waals surface area (Å²) in [5.41, 5.74) is -1.77. The number of thioether (sulfide) groups is 1. The standard InChI is InChI=1S/C10H19NO3S/c1-9(2,8(13)14)10(3,4)11-7(12)6-15-5/h6H2,1-5H3,(H,11,12)(H,13,14). The lowest BCUT2D eigenvalue weighted by Crippen LogP contribution is -2.57. The third-order valence-electron chi connectivity index (χ3n) is 2.82. The molecule has 15 heavy (non-hydrogen) atoms. The normalized spacial score (nSPS) is 12.3. The van der Waals surface area contributed by atoms with Gasteiger partial charge in [-0.1, -0.05) is 0 Å². The van der Waals surface area contributed by atoms with Crippen molar-refractivity contribution in [2.45, 2.75) is 33.2 Å². The third-order valence-corrected chi connectivity index (χ3v) is 3.38. The summed E-state index contributed by atoms with van der Waals surface area (Å²) in [6.07, 6.45) is 1.83. The van der Waals surface area contributed by atoms with Crippen molar-refractivity contribution < 1.29 is 14.7 Å². The Morgan fingerprint density at radius 2 is 1.73 bits per heavy atom. The highest BCUT2D eigenvalue weighted by Crippen LogP contribution is 2.30. The summed E-state index contributed by atoms with van der Waals surface area (Å²) >= 11 is 1.41. The Morgan fingerprint density at radius 3 is 2.07 bits per heavy atom. The fourth-order valence-corrected chi connectivity index (χ4v) is 1.27. The maximum absolute atomic E-state index is 11.4. The van der Waals surface area contributed by atoms with Gasteiger partial charge in [-0.05, 0) is 34.0 Å². The molecule has 4 nitrogen and oxygen atoms in total. The molecule has 1 amide bonds. The minimum absolute atomic E-state index is 0.137. The number of nitrogens with one attached hydrogen (secondary N) is 1. The van der Waals surface area contributed by atoms with E-state index in [-0.39, 0.29) is 5.91 Å². The first-order valence-electron chi connectivity index (χ1n) is 4.68. The number of rotatable bonds is 5. The zero-order valence-corrected chi connectivity index (χ0v) is 10.7. The van der Waals surface area contributed by atoms with Gasteiger partial charge in [0.15, 0.2) is 0 Å². The van der Waals surface area contributed by atoms with Crippen molar-refractivity contribution in [3.8, 4) is 0 Å². The number of hydrogen-bond acceptors (Lipinski definition) is 3. The van der Waals surface area contributed by atoms with E-state index in [2.05, 4.69) is 5.32 Å². The van der Waals surface area contributed by atoms with Gasteiger partial charge in [0.2, 0.25) is 5.91 Å². The number of aliphatic carboxylic acids is 1. The van der Waals surface area contributed by atoms with Crippen molar-refractivity contribution in [3.05, 3.63) is 0 Å². The average molecular weight is 233 g/mol. The molecule has 0 unspecified atom stereocenters. The van der Waals surface area contributed by atoms with Gasteiger partial charge in [0.1, 0.15) is 0 Å². The van der Waals surface area contributed by atoms with Gasteiger partial charge in [-0.25, -0.2) is 0 Å². The summed E-state index contributed by atoms with van der Waals surface area (Å²) in [5.74, 6) is -0.710. The van der Waals surface area contributed by atoms with E-state index in [0.29, 0.717) is 5.75 Å². The van der Waals surface area contributed by atoms with Gasteiger partial charge in [-0.15, -0.1) is 0 Å². The van der Waals surface area contributed by atoms with E-state index in [1.807, 2.05) is 6.26 Å². The molecule has 0 aliphatic heterocycles. The van der Waals surface area contributed by atoms with Crippen LogP contribution in [0.4, 0.5) is 0 Å². The van der Waals surface area contributed by atoms with Crippen molar-refractivity contribution in [2.24, 2.45) is 5.41 Å². The fraction of sp³-hybridized carbons (Fsp3) is 0.800. The summed E-state index contributed by atoms with van der Waals surface area (Å²) in [6.45, 7) is 6.65. The van der Waals surface area contributed by atoms with Crippen molar-refractivity contribution in [1.29, 1.82) is 0 Å². The van der Waals surface area contributed by atoms with Gasteiger partial charge in [-0.2, -0.15) is 11.8 Å². The average Bonchev–Trinajstić information content (AvgIpc) is 2.02. The zero-order chi connectivity index (χ0) is 12.3. The second-order valence-electron chi connectivity index (χ2n) is 4.54. The van der Waals surface area contributed by atoms with E-state index >= 15 is 0 Å². The number of carboxylic acid groups (broad SMARTS) is 1. The lowest BCUT2D eigenvalue weighted by Gasteiger charge is -2.38. The van der Waals surface area contributed by atoms with Gasteiger partial charge in [0.05, 0.1) is 11.2 Å². The molecule has 0 heterocycles. The lowest BCUT2D eigenvalue weighted by atomic mass is 9.74. The molecule has 0 saturated carbocycles. The fourth-order valence-electron chi connectivity index (χ4n) is 0.939. The molecular weight excluding hydrogens is 214 g/mol. The first-order chi connectivity index (χ1) is 6.65. The predicted octanol–water partition coefficient (Wildman–Crippen LogP) is 1.35. The summed E-state index contributed by atoms with van der Waals surface area (Å²) < 4.78 is 0. The van der Waals surface area contributed by atoms with Crippen LogP contribution in [0.25, 0.3) is 0 Å². The van der Waals surface area contributed by atoms with Crippen LogP contribution in [0.1, 0.15) is 27.7 Å². The van der Waals surface area contributed by atoms with Crippen molar-refractivity contribution in [3.63, 3.8) is 0 Å². The second-order valence-corrected chi connectivity index (χ2v) is 5.40. The molecule has 0 radical (unpaired) electrons. The number of amides is 1. The first kappa shape index (κ1) is 14.3. The highest BCUT2D eigenvalue weighted by Gasteiger charge is 2.44. The van der Waals surface area contributed by atoms with Crippen molar-refractivity contribution in [1.82, 2.24) is 5.32 Å². The maximum atomic E-state index is 11.4. The minimum Gasteiger partial charge on any atom is -0.481 e. The molecule has 0 rings (SSSR count). The Labute approximate surface area is 94.8 Å². The van der Waals surface area contributed by atoms with Crippen LogP contribution in [0.5, 0.6) is 0 Å². The molecule has 5 heteroatoms.